The maximum absolute atomic E-state index is 13.3. The Labute approximate surface area is 216 Å². The lowest BCUT2D eigenvalue weighted by Gasteiger charge is -2.30. The predicted octanol–water partition coefficient (Wildman–Crippen LogP) is 5.22. The molecule has 8 heteroatoms. The van der Waals surface area contributed by atoms with Crippen LogP contribution in [0.2, 0.25) is 5.02 Å². The summed E-state index contributed by atoms with van der Waals surface area (Å²) in [5.41, 5.74) is 3.50. The van der Waals surface area contributed by atoms with E-state index in [0.717, 1.165) is 11.3 Å². The number of nitrogens with one attached hydrogen (secondary N) is 1. The van der Waals surface area contributed by atoms with Crippen molar-refractivity contribution < 1.29 is 23.8 Å². The number of dihydropyridines is 1. The van der Waals surface area contributed by atoms with Gasteiger partial charge in [0, 0.05) is 16.4 Å². The summed E-state index contributed by atoms with van der Waals surface area (Å²) in [6.45, 7) is 3.69. The second kappa shape index (κ2) is 12.8. The minimum absolute atomic E-state index is 0.0405. The zero-order chi connectivity index (χ0) is 26.1. The van der Waals surface area contributed by atoms with Gasteiger partial charge in [-0.25, -0.2) is 9.59 Å². The molecule has 0 amide bonds. The van der Waals surface area contributed by atoms with Crippen molar-refractivity contribution in [3.8, 4) is 11.8 Å². The molecule has 188 valence electrons. The van der Waals surface area contributed by atoms with Crippen molar-refractivity contribution in [2.24, 2.45) is 0 Å². The summed E-state index contributed by atoms with van der Waals surface area (Å²) >= 11 is 6.25. The number of halogens is 1. The molecule has 2 aromatic rings. The SMILES string of the molecule is COc1cccc(CCCOC(=O)C2=C(C)NC(C)=C(C(=O)OCCC#N)C2c2cccc(Cl)c2)c1. The van der Waals surface area contributed by atoms with E-state index < -0.39 is 17.9 Å². The molecule has 1 atom stereocenters. The maximum Gasteiger partial charge on any atom is 0.336 e. The van der Waals surface area contributed by atoms with Crippen LogP contribution in [0.1, 0.15) is 43.7 Å². The zero-order valence-corrected chi connectivity index (χ0v) is 21.4. The highest BCUT2D eigenvalue weighted by atomic mass is 35.5. The van der Waals surface area contributed by atoms with Gasteiger partial charge >= 0.3 is 11.9 Å². The van der Waals surface area contributed by atoms with E-state index in [1.807, 2.05) is 30.3 Å². The normalized spacial score (nSPS) is 15.1. The van der Waals surface area contributed by atoms with Crippen LogP contribution in [0.25, 0.3) is 0 Å². The molecule has 1 unspecified atom stereocenters. The van der Waals surface area contributed by atoms with Crippen LogP contribution in [0.4, 0.5) is 0 Å². The highest BCUT2D eigenvalue weighted by Gasteiger charge is 2.38. The smallest absolute Gasteiger partial charge is 0.336 e. The number of benzene rings is 2. The number of carbonyl (C=O) groups excluding carboxylic acids is 2. The Kier molecular flexibility index (Phi) is 9.54. The number of ether oxygens (including phenoxy) is 3. The lowest BCUT2D eigenvalue weighted by Crippen LogP contribution is -2.32. The summed E-state index contributed by atoms with van der Waals surface area (Å²) in [5.74, 6) is -1.08. The van der Waals surface area contributed by atoms with E-state index >= 15 is 0 Å². The molecular weight excluding hydrogens is 480 g/mol. The van der Waals surface area contributed by atoms with Crippen LogP contribution in [0, 0.1) is 11.3 Å². The van der Waals surface area contributed by atoms with Crippen molar-refractivity contribution in [3.05, 3.63) is 87.2 Å². The Morgan fingerprint density at radius 3 is 2.31 bits per heavy atom. The van der Waals surface area contributed by atoms with Gasteiger partial charge in [-0.3, -0.25) is 0 Å². The van der Waals surface area contributed by atoms with E-state index in [2.05, 4.69) is 5.32 Å². The fourth-order valence-electron chi connectivity index (χ4n) is 4.17. The number of methoxy groups -OCH3 is 1. The molecule has 1 aliphatic rings. The minimum Gasteiger partial charge on any atom is -0.497 e. The van der Waals surface area contributed by atoms with Crippen LogP contribution < -0.4 is 10.1 Å². The summed E-state index contributed by atoms with van der Waals surface area (Å²) in [4.78, 5) is 26.4. The molecule has 1 heterocycles. The Balaban J connectivity index is 1.81. The third kappa shape index (κ3) is 6.67. The van der Waals surface area contributed by atoms with Crippen LogP contribution in [-0.2, 0) is 25.5 Å². The first kappa shape index (κ1) is 26.8. The number of esters is 2. The summed E-state index contributed by atoms with van der Waals surface area (Å²) in [7, 11) is 1.62. The lowest BCUT2D eigenvalue weighted by atomic mass is 9.80. The third-order valence-electron chi connectivity index (χ3n) is 5.81. The Hall–Kier alpha value is -3.76. The van der Waals surface area contributed by atoms with Crippen LogP contribution in [0.5, 0.6) is 5.75 Å². The summed E-state index contributed by atoms with van der Waals surface area (Å²) in [6.07, 6.45) is 1.41. The second-order valence-corrected chi connectivity index (χ2v) is 8.76. The van der Waals surface area contributed by atoms with Gasteiger partial charge in [0.05, 0.1) is 43.3 Å². The number of carbonyl (C=O) groups is 2. The molecule has 0 spiro atoms. The first-order valence-corrected chi connectivity index (χ1v) is 12.0. The van der Waals surface area contributed by atoms with Gasteiger partial charge in [-0.15, -0.1) is 0 Å². The third-order valence-corrected chi connectivity index (χ3v) is 6.04. The largest absolute Gasteiger partial charge is 0.497 e. The maximum atomic E-state index is 13.3. The molecule has 0 saturated carbocycles. The molecule has 1 aliphatic heterocycles. The van der Waals surface area contributed by atoms with Crippen molar-refractivity contribution >= 4 is 23.5 Å². The number of nitriles is 1. The van der Waals surface area contributed by atoms with Gasteiger partial charge in [0.1, 0.15) is 12.4 Å². The van der Waals surface area contributed by atoms with Gasteiger partial charge in [-0.1, -0.05) is 35.9 Å². The monoisotopic (exact) mass is 508 g/mol. The summed E-state index contributed by atoms with van der Waals surface area (Å²) in [5, 5.41) is 12.4. The molecule has 7 nitrogen and oxygen atoms in total. The fraction of sp³-hybridized carbons (Fsp3) is 0.321. The highest BCUT2D eigenvalue weighted by molar-refractivity contribution is 6.30. The predicted molar refractivity (Wildman–Crippen MR) is 136 cm³/mol. The van der Waals surface area contributed by atoms with Crippen molar-refractivity contribution in [2.45, 2.75) is 39.0 Å². The van der Waals surface area contributed by atoms with Crippen molar-refractivity contribution in [3.63, 3.8) is 0 Å². The number of aryl methyl sites for hydroxylation is 1. The summed E-state index contributed by atoms with van der Waals surface area (Å²) < 4.78 is 16.2. The minimum atomic E-state index is -0.731. The van der Waals surface area contributed by atoms with Gasteiger partial charge in [-0.05, 0) is 62.1 Å². The zero-order valence-electron chi connectivity index (χ0n) is 20.6. The number of nitrogens with zero attached hydrogens (tertiary/aromatic N) is 1. The van der Waals surface area contributed by atoms with Gasteiger partial charge < -0.3 is 19.5 Å². The lowest BCUT2D eigenvalue weighted by molar-refractivity contribution is -0.140. The Bertz CT molecular complexity index is 1230. The Morgan fingerprint density at radius 1 is 1.00 bits per heavy atom. The van der Waals surface area contributed by atoms with Crippen molar-refractivity contribution in [1.82, 2.24) is 5.32 Å². The molecule has 0 bridgehead atoms. The molecule has 0 aliphatic carbocycles. The van der Waals surface area contributed by atoms with E-state index in [0.29, 0.717) is 40.4 Å². The van der Waals surface area contributed by atoms with Gasteiger partial charge in [-0.2, -0.15) is 5.26 Å². The van der Waals surface area contributed by atoms with E-state index in [9.17, 15) is 9.59 Å². The molecule has 0 saturated heterocycles. The average Bonchev–Trinajstić information content (AvgIpc) is 2.86. The quantitative estimate of drug-likeness (QED) is 0.347. The second-order valence-electron chi connectivity index (χ2n) is 8.33. The number of rotatable bonds is 10. The van der Waals surface area contributed by atoms with E-state index in [1.165, 1.54) is 0 Å². The van der Waals surface area contributed by atoms with Crippen LogP contribution in [0.15, 0.2) is 71.1 Å². The molecular formula is C28H29ClN2O5. The molecule has 2 aromatic carbocycles. The van der Waals surface area contributed by atoms with Crippen LogP contribution in [-0.4, -0.2) is 32.3 Å². The van der Waals surface area contributed by atoms with Crippen molar-refractivity contribution in [2.75, 3.05) is 20.3 Å². The molecule has 0 fully saturated rings. The molecule has 0 aromatic heterocycles. The molecule has 1 N–H and O–H groups in total. The van der Waals surface area contributed by atoms with Crippen LogP contribution in [0.3, 0.4) is 0 Å². The van der Waals surface area contributed by atoms with Gasteiger partial charge in [0.25, 0.3) is 0 Å². The Morgan fingerprint density at radius 2 is 1.67 bits per heavy atom. The standard InChI is InChI=1S/C28H29ClN2O5/c1-18-24(27(32)35-14-6-9-20-8-4-12-23(16-20)34-3)26(21-10-5-11-22(29)17-21)25(19(2)31-18)28(33)36-15-7-13-30/h4-5,8,10-12,16-17,26,31H,6-7,9,14-15H2,1-3H3. The highest BCUT2D eigenvalue weighted by Crippen LogP contribution is 2.40. The van der Waals surface area contributed by atoms with Gasteiger partial charge in [0.2, 0.25) is 0 Å². The van der Waals surface area contributed by atoms with E-state index in [4.69, 9.17) is 31.1 Å². The fourth-order valence-corrected chi connectivity index (χ4v) is 4.37. The average molecular weight is 509 g/mol. The number of hydrogen-bond donors (Lipinski definition) is 1. The van der Waals surface area contributed by atoms with Gasteiger partial charge in [0.15, 0.2) is 0 Å². The first-order valence-electron chi connectivity index (χ1n) is 11.6. The number of hydrogen-bond acceptors (Lipinski definition) is 7. The summed E-state index contributed by atoms with van der Waals surface area (Å²) in [6, 6.07) is 16.7. The van der Waals surface area contributed by atoms with Crippen LogP contribution >= 0.6 is 11.6 Å². The molecule has 36 heavy (non-hydrogen) atoms. The number of allylic oxidation sites excluding steroid dienone is 2. The van der Waals surface area contributed by atoms with E-state index in [-0.39, 0.29) is 25.2 Å². The first-order chi connectivity index (χ1) is 17.3. The van der Waals surface area contributed by atoms with Crippen molar-refractivity contribution in [1.29, 1.82) is 5.26 Å². The molecule has 3 rings (SSSR count). The topological polar surface area (TPSA) is 97.7 Å². The van der Waals surface area contributed by atoms with E-state index in [1.54, 1.807) is 45.2 Å². The molecule has 0 radical (unpaired) electrons.